The molecule has 0 saturated heterocycles. The fourth-order valence-corrected chi connectivity index (χ4v) is 1.70. The van der Waals surface area contributed by atoms with Crippen molar-refractivity contribution in [1.82, 2.24) is 4.90 Å². The highest BCUT2D eigenvalue weighted by molar-refractivity contribution is 9.10. The van der Waals surface area contributed by atoms with Gasteiger partial charge in [-0.1, -0.05) is 15.9 Å². The molecule has 0 aliphatic rings. The number of hydrogen-bond acceptors (Lipinski definition) is 4. The fraction of sp³-hybridized carbons (Fsp3) is 0.417. The molecule has 0 bridgehead atoms. The van der Waals surface area contributed by atoms with Gasteiger partial charge in [-0.3, -0.25) is 0 Å². The highest BCUT2D eigenvalue weighted by atomic mass is 79.9. The van der Waals surface area contributed by atoms with E-state index in [0.717, 1.165) is 11.0 Å². The maximum atomic E-state index is 11.4. The molecule has 5 heteroatoms. The Labute approximate surface area is 110 Å². The first kappa shape index (κ1) is 14.0. The molecular formula is C12H16BrNO3. The summed E-state index contributed by atoms with van der Waals surface area (Å²) in [6, 6.07) is 5.19. The number of carbonyl (C=O) groups is 1. The molecule has 0 atom stereocenters. The molecular weight excluding hydrogens is 286 g/mol. The number of ether oxygens (including phenoxy) is 2. The lowest BCUT2D eigenvalue weighted by molar-refractivity contribution is 0.0600. The lowest BCUT2D eigenvalue weighted by Crippen LogP contribution is -2.19. The van der Waals surface area contributed by atoms with Crippen LogP contribution in [0.1, 0.15) is 10.4 Å². The predicted molar refractivity (Wildman–Crippen MR) is 69.5 cm³/mol. The molecule has 1 aromatic rings. The zero-order valence-electron chi connectivity index (χ0n) is 10.2. The van der Waals surface area contributed by atoms with Crippen molar-refractivity contribution in [3.05, 3.63) is 28.2 Å². The van der Waals surface area contributed by atoms with Crippen LogP contribution in [0.25, 0.3) is 0 Å². The van der Waals surface area contributed by atoms with Crippen LogP contribution in [0.3, 0.4) is 0 Å². The van der Waals surface area contributed by atoms with Crippen molar-refractivity contribution in [3.8, 4) is 5.75 Å². The molecule has 1 aromatic carbocycles. The van der Waals surface area contributed by atoms with Gasteiger partial charge in [0.2, 0.25) is 0 Å². The fourth-order valence-electron chi connectivity index (χ4n) is 1.23. The summed E-state index contributed by atoms with van der Waals surface area (Å²) >= 11 is 3.33. The molecule has 17 heavy (non-hydrogen) atoms. The highest BCUT2D eigenvalue weighted by Crippen LogP contribution is 2.22. The third kappa shape index (κ3) is 4.75. The largest absolute Gasteiger partial charge is 0.492 e. The standard InChI is InChI=1S/C12H16BrNO3/c1-14(2)4-5-17-11-7-9(12(15)16-3)6-10(13)8-11/h6-8H,4-5H2,1-3H3. The lowest BCUT2D eigenvalue weighted by atomic mass is 10.2. The van der Waals surface area contributed by atoms with E-state index < -0.39 is 0 Å². The second-order valence-corrected chi connectivity index (χ2v) is 4.73. The maximum Gasteiger partial charge on any atom is 0.338 e. The average molecular weight is 302 g/mol. The van der Waals surface area contributed by atoms with E-state index in [2.05, 4.69) is 20.7 Å². The quantitative estimate of drug-likeness (QED) is 0.782. The van der Waals surface area contributed by atoms with Gasteiger partial charge in [0.15, 0.2) is 0 Å². The van der Waals surface area contributed by atoms with E-state index in [0.29, 0.717) is 17.9 Å². The molecule has 0 aromatic heterocycles. The van der Waals surface area contributed by atoms with Crippen molar-refractivity contribution in [2.45, 2.75) is 0 Å². The Morgan fingerprint density at radius 2 is 2.06 bits per heavy atom. The van der Waals surface area contributed by atoms with Crippen molar-refractivity contribution in [1.29, 1.82) is 0 Å². The van der Waals surface area contributed by atoms with Crippen LogP contribution in [0.2, 0.25) is 0 Å². The van der Waals surface area contributed by atoms with Gasteiger partial charge in [0.25, 0.3) is 0 Å². The summed E-state index contributed by atoms with van der Waals surface area (Å²) in [5.41, 5.74) is 0.474. The molecule has 0 radical (unpaired) electrons. The summed E-state index contributed by atoms with van der Waals surface area (Å²) in [4.78, 5) is 13.4. The van der Waals surface area contributed by atoms with Gasteiger partial charge in [-0.25, -0.2) is 4.79 Å². The highest BCUT2D eigenvalue weighted by Gasteiger charge is 2.08. The maximum absolute atomic E-state index is 11.4. The van der Waals surface area contributed by atoms with E-state index in [9.17, 15) is 4.79 Å². The Kier molecular flexibility index (Phi) is 5.44. The topological polar surface area (TPSA) is 38.8 Å². The van der Waals surface area contributed by atoms with E-state index in [-0.39, 0.29) is 5.97 Å². The monoisotopic (exact) mass is 301 g/mol. The summed E-state index contributed by atoms with van der Waals surface area (Å²) in [5.74, 6) is 0.283. The van der Waals surface area contributed by atoms with Crippen LogP contribution in [0.4, 0.5) is 0 Å². The van der Waals surface area contributed by atoms with Crippen LogP contribution >= 0.6 is 15.9 Å². The molecule has 0 aliphatic carbocycles. The van der Waals surface area contributed by atoms with Gasteiger partial charge in [0, 0.05) is 11.0 Å². The van der Waals surface area contributed by atoms with Crippen LogP contribution in [0, 0.1) is 0 Å². The number of benzene rings is 1. The van der Waals surface area contributed by atoms with E-state index in [4.69, 9.17) is 4.74 Å². The molecule has 0 spiro atoms. The number of carbonyl (C=O) groups excluding carboxylic acids is 1. The van der Waals surface area contributed by atoms with Crippen molar-refractivity contribution < 1.29 is 14.3 Å². The minimum Gasteiger partial charge on any atom is -0.492 e. The van der Waals surface area contributed by atoms with Crippen LogP contribution in [0.15, 0.2) is 22.7 Å². The molecule has 0 saturated carbocycles. The first-order chi connectivity index (χ1) is 8.02. The first-order valence-corrected chi connectivity index (χ1v) is 5.98. The van der Waals surface area contributed by atoms with E-state index in [1.54, 1.807) is 12.1 Å². The summed E-state index contributed by atoms with van der Waals surface area (Å²) in [7, 11) is 5.31. The molecule has 0 heterocycles. The summed E-state index contributed by atoms with van der Waals surface area (Å²) in [6.45, 7) is 1.39. The van der Waals surface area contributed by atoms with Crippen LogP contribution in [0.5, 0.6) is 5.75 Å². The van der Waals surface area contributed by atoms with Gasteiger partial charge in [-0.15, -0.1) is 0 Å². The smallest absolute Gasteiger partial charge is 0.338 e. The first-order valence-electron chi connectivity index (χ1n) is 5.19. The second kappa shape index (κ2) is 6.61. The van der Waals surface area contributed by atoms with Crippen LogP contribution in [-0.2, 0) is 4.74 Å². The van der Waals surface area contributed by atoms with Crippen LogP contribution < -0.4 is 4.74 Å². The summed E-state index contributed by atoms with van der Waals surface area (Å²) < 4.78 is 11.0. The number of likely N-dealkylation sites (N-methyl/N-ethyl adjacent to an activating group) is 1. The Bertz CT molecular complexity index is 393. The molecule has 4 nitrogen and oxygen atoms in total. The third-order valence-electron chi connectivity index (χ3n) is 2.10. The number of halogens is 1. The molecule has 1 rings (SSSR count). The van der Waals surface area contributed by atoms with Gasteiger partial charge < -0.3 is 14.4 Å². The molecule has 0 amide bonds. The number of hydrogen-bond donors (Lipinski definition) is 0. The normalized spacial score (nSPS) is 10.4. The Morgan fingerprint density at radius 3 is 2.65 bits per heavy atom. The SMILES string of the molecule is COC(=O)c1cc(Br)cc(OCCN(C)C)c1. The van der Waals surface area contributed by atoms with Crippen molar-refractivity contribution in [2.24, 2.45) is 0 Å². The Morgan fingerprint density at radius 1 is 1.35 bits per heavy atom. The lowest BCUT2D eigenvalue weighted by Gasteiger charge is -2.12. The molecule has 0 aliphatic heterocycles. The van der Waals surface area contributed by atoms with Gasteiger partial charge in [-0.2, -0.15) is 0 Å². The van der Waals surface area contributed by atoms with Crippen molar-refractivity contribution in [3.63, 3.8) is 0 Å². The Balaban J connectivity index is 2.72. The number of rotatable bonds is 5. The second-order valence-electron chi connectivity index (χ2n) is 3.82. The zero-order chi connectivity index (χ0) is 12.8. The van der Waals surface area contributed by atoms with E-state index in [1.807, 2.05) is 25.1 Å². The van der Waals surface area contributed by atoms with E-state index in [1.165, 1.54) is 7.11 Å². The van der Waals surface area contributed by atoms with Crippen LogP contribution in [-0.4, -0.2) is 45.2 Å². The minimum absolute atomic E-state index is 0.372. The van der Waals surface area contributed by atoms with Crippen molar-refractivity contribution in [2.75, 3.05) is 34.4 Å². The number of methoxy groups -OCH3 is 1. The molecule has 0 unspecified atom stereocenters. The molecule has 94 valence electrons. The molecule has 0 fully saturated rings. The average Bonchev–Trinajstić information content (AvgIpc) is 2.26. The number of esters is 1. The predicted octanol–water partition coefficient (Wildman–Crippen LogP) is 2.18. The Hall–Kier alpha value is -1.07. The minimum atomic E-state index is -0.372. The van der Waals surface area contributed by atoms with Gasteiger partial charge >= 0.3 is 5.97 Å². The summed E-state index contributed by atoms with van der Waals surface area (Å²) in [5, 5.41) is 0. The van der Waals surface area contributed by atoms with Gasteiger partial charge in [0.1, 0.15) is 12.4 Å². The van der Waals surface area contributed by atoms with E-state index >= 15 is 0 Å². The number of nitrogens with zero attached hydrogens (tertiary/aromatic N) is 1. The third-order valence-corrected chi connectivity index (χ3v) is 2.56. The summed E-state index contributed by atoms with van der Waals surface area (Å²) in [6.07, 6.45) is 0. The zero-order valence-corrected chi connectivity index (χ0v) is 11.8. The van der Waals surface area contributed by atoms with Gasteiger partial charge in [-0.05, 0) is 32.3 Å². The molecule has 0 N–H and O–H groups in total. The van der Waals surface area contributed by atoms with Crippen molar-refractivity contribution >= 4 is 21.9 Å². The van der Waals surface area contributed by atoms with Gasteiger partial charge in [0.05, 0.1) is 12.7 Å².